The van der Waals surface area contributed by atoms with Crippen molar-refractivity contribution in [3.05, 3.63) is 42.5 Å². The lowest BCUT2D eigenvalue weighted by atomic mass is 10.1. The van der Waals surface area contributed by atoms with E-state index in [-0.39, 0.29) is 5.82 Å². The summed E-state index contributed by atoms with van der Waals surface area (Å²) in [5, 5.41) is 6.56. The first-order valence-corrected chi connectivity index (χ1v) is 9.56. The van der Waals surface area contributed by atoms with Gasteiger partial charge in [-0.25, -0.2) is 9.37 Å². The highest BCUT2D eigenvalue weighted by Crippen LogP contribution is 2.27. The Morgan fingerprint density at radius 3 is 2.48 bits per heavy atom. The Bertz CT molecular complexity index is 785. The molecule has 27 heavy (non-hydrogen) atoms. The summed E-state index contributed by atoms with van der Waals surface area (Å²) in [6, 6.07) is 6.46. The fourth-order valence-corrected chi connectivity index (χ4v) is 3.72. The van der Waals surface area contributed by atoms with Crippen LogP contribution >= 0.6 is 0 Å². The summed E-state index contributed by atoms with van der Waals surface area (Å²) in [5.74, 6) is 1.15. The molecule has 2 aliphatic rings. The number of hydrogen-bond acceptors (Lipinski definition) is 6. The fraction of sp³-hybridized carbons (Fsp3) is 0.450. The topological polar surface area (TPSA) is 47.9 Å². The van der Waals surface area contributed by atoms with E-state index in [0.29, 0.717) is 5.92 Å². The Labute approximate surface area is 159 Å². The van der Waals surface area contributed by atoms with Gasteiger partial charge in [0.1, 0.15) is 11.5 Å². The summed E-state index contributed by atoms with van der Waals surface area (Å²) < 4.78 is 13.3. The quantitative estimate of drug-likeness (QED) is 0.811. The van der Waals surface area contributed by atoms with Crippen LogP contribution in [0.1, 0.15) is 6.92 Å². The predicted molar refractivity (Wildman–Crippen MR) is 105 cm³/mol. The minimum Gasteiger partial charge on any atom is -0.352 e. The van der Waals surface area contributed by atoms with Crippen molar-refractivity contribution in [1.29, 1.82) is 0 Å². The SMILES string of the molecule is CCN1CC(CN2CCN(c3nccnc3-c3ccc(F)cc3)CC2)C=N1. The van der Waals surface area contributed by atoms with Crippen LogP contribution < -0.4 is 4.90 Å². The van der Waals surface area contributed by atoms with Gasteiger partial charge in [-0.3, -0.25) is 14.9 Å². The van der Waals surface area contributed by atoms with Gasteiger partial charge in [0.2, 0.25) is 0 Å². The Morgan fingerprint density at radius 1 is 1.04 bits per heavy atom. The van der Waals surface area contributed by atoms with Gasteiger partial charge >= 0.3 is 0 Å². The molecular formula is C20H25FN6. The van der Waals surface area contributed by atoms with Crippen molar-refractivity contribution in [2.45, 2.75) is 6.92 Å². The van der Waals surface area contributed by atoms with Gasteiger partial charge in [0.25, 0.3) is 0 Å². The lowest BCUT2D eigenvalue weighted by Gasteiger charge is -2.36. The van der Waals surface area contributed by atoms with Crippen molar-refractivity contribution in [3.63, 3.8) is 0 Å². The first-order chi connectivity index (χ1) is 13.2. The number of aromatic nitrogens is 2. The summed E-state index contributed by atoms with van der Waals surface area (Å²) >= 11 is 0. The summed E-state index contributed by atoms with van der Waals surface area (Å²) in [6.07, 6.45) is 5.51. The van der Waals surface area contributed by atoms with E-state index < -0.39 is 0 Å². The highest BCUT2D eigenvalue weighted by molar-refractivity contribution is 5.72. The highest BCUT2D eigenvalue weighted by Gasteiger charge is 2.25. The highest BCUT2D eigenvalue weighted by atomic mass is 19.1. The third-order valence-electron chi connectivity index (χ3n) is 5.21. The largest absolute Gasteiger partial charge is 0.352 e. The van der Waals surface area contributed by atoms with Crippen molar-refractivity contribution in [2.24, 2.45) is 11.0 Å². The molecule has 1 saturated heterocycles. The molecule has 6 nitrogen and oxygen atoms in total. The van der Waals surface area contributed by atoms with Crippen molar-refractivity contribution in [2.75, 3.05) is 50.7 Å². The molecule has 1 fully saturated rings. The predicted octanol–water partition coefficient (Wildman–Crippen LogP) is 2.34. The second kappa shape index (κ2) is 8.00. The molecule has 7 heteroatoms. The van der Waals surface area contributed by atoms with Gasteiger partial charge in [-0.15, -0.1) is 0 Å². The zero-order chi connectivity index (χ0) is 18.6. The molecule has 1 atom stereocenters. The number of anilines is 1. The van der Waals surface area contributed by atoms with Crippen LogP contribution in [0.3, 0.4) is 0 Å². The molecule has 0 aliphatic carbocycles. The second-order valence-corrected chi connectivity index (χ2v) is 7.05. The van der Waals surface area contributed by atoms with Crippen molar-refractivity contribution in [3.8, 4) is 11.3 Å². The lowest BCUT2D eigenvalue weighted by Crippen LogP contribution is -2.48. The summed E-state index contributed by atoms with van der Waals surface area (Å²) in [4.78, 5) is 13.9. The smallest absolute Gasteiger partial charge is 0.155 e. The maximum absolute atomic E-state index is 13.3. The van der Waals surface area contributed by atoms with Gasteiger partial charge in [0.05, 0.1) is 0 Å². The van der Waals surface area contributed by atoms with Crippen LogP contribution in [0.4, 0.5) is 10.2 Å². The average molecular weight is 368 g/mol. The molecule has 1 unspecified atom stereocenters. The molecule has 4 rings (SSSR count). The van der Waals surface area contributed by atoms with E-state index in [9.17, 15) is 4.39 Å². The molecule has 0 bridgehead atoms. The minimum absolute atomic E-state index is 0.241. The van der Waals surface area contributed by atoms with Crippen LogP contribution in [0.5, 0.6) is 0 Å². The van der Waals surface area contributed by atoms with Crippen LogP contribution in [-0.2, 0) is 0 Å². The van der Waals surface area contributed by atoms with Crippen LogP contribution in [0.15, 0.2) is 41.8 Å². The van der Waals surface area contributed by atoms with E-state index in [1.807, 2.05) is 0 Å². The maximum atomic E-state index is 13.3. The molecule has 0 amide bonds. The maximum Gasteiger partial charge on any atom is 0.155 e. The van der Waals surface area contributed by atoms with Crippen LogP contribution in [0.2, 0.25) is 0 Å². The van der Waals surface area contributed by atoms with Crippen LogP contribution in [-0.4, -0.2) is 71.9 Å². The monoisotopic (exact) mass is 368 g/mol. The zero-order valence-corrected chi connectivity index (χ0v) is 15.6. The van der Waals surface area contributed by atoms with Crippen LogP contribution in [0.25, 0.3) is 11.3 Å². The minimum atomic E-state index is -0.241. The van der Waals surface area contributed by atoms with Gasteiger partial charge in [-0.05, 0) is 31.2 Å². The molecule has 3 heterocycles. The van der Waals surface area contributed by atoms with E-state index in [0.717, 1.165) is 62.9 Å². The van der Waals surface area contributed by atoms with Crippen molar-refractivity contribution in [1.82, 2.24) is 19.9 Å². The Hall–Kier alpha value is -2.54. The average Bonchev–Trinajstić information content (AvgIpc) is 3.17. The molecule has 2 aromatic rings. The molecule has 2 aliphatic heterocycles. The number of nitrogens with zero attached hydrogens (tertiary/aromatic N) is 6. The van der Waals surface area contributed by atoms with Gasteiger partial charge < -0.3 is 4.90 Å². The molecule has 1 aromatic carbocycles. The van der Waals surface area contributed by atoms with Crippen molar-refractivity contribution < 1.29 is 4.39 Å². The first-order valence-electron chi connectivity index (χ1n) is 9.56. The number of piperazine rings is 1. The van der Waals surface area contributed by atoms with Gasteiger partial charge in [-0.2, -0.15) is 5.10 Å². The fourth-order valence-electron chi connectivity index (χ4n) is 3.72. The van der Waals surface area contributed by atoms with E-state index in [4.69, 9.17) is 0 Å². The normalized spacial score (nSPS) is 20.4. The van der Waals surface area contributed by atoms with E-state index >= 15 is 0 Å². The molecule has 0 spiro atoms. The third kappa shape index (κ3) is 4.08. The summed E-state index contributed by atoms with van der Waals surface area (Å²) in [7, 11) is 0. The first kappa shape index (κ1) is 17.9. The molecule has 142 valence electrons. The standard InChI is InChI=1S/C20H25FN6/c1-2-27-15-16(13-24-27)14-25-9-11-26(12-10-25)20-19(22-7-8-23-20)17-3-5-18(21)6-4-17/h3-8,13,16H,2,9-12,14-15H2,1H3. The Kier molecular flexibility index (Phi) is 5.29. The lowest BCUT2D eigenvalue weighted by molar-refractivity contribution is 0.220. The number of hydrogen-bond donors (Lipinski definition) is 0. The zero-order valence-electron chi connectivity index (χ0n) is 15.6. The third-order valence-corrected chi connectivity index (χ3v) is 5.21. The Balaban J connectivity index is 1.40. The summed E-state index contributed by atoms with van der Waals surface area (Å²) in [6.45, 7) is 9.00. The number of halogens is 1. The Morgan fingerprint density at radius 2 is 1.78 bits per heavy atom. The number of rotatable bonds is 5. The number of hydrazone groups is 1. The molecule has 0 radical (unpaired) electrons. The molecule has 1 aromatic heterocycles. The van der Waals surface area contributed by atoms with Crippen LogP contribution in [0, 0.1) is 11.7 Å². The summed E-state index contributed by atoms with van der Waals surface area (Å²) in [5.41, 5.74) is 1.70. The molecule has 0 saturated carbocycles. The van der Waals surface area contributed by atoms with E-state index in [1.165, 1.54) is 12.1 Å². The molecular weight excluding hydrogens is 343 g/mol. The van der Waals surface area contributed by atoms with Crippen molar-refractivity contribution >= 4 is 12.0 Å². The van der Waals surface area contributed by atoms with E-state index in [2.05, 4.69) is 43.0 Å². The molecule has 0 N–H and O–H groups in total. The van der Waals surface area contributed by atoms with Gasteiger partial charge in [-0.1, -0.05) is 0 Å². The van der Waals surface area contributed by atoms with Gasteiger partial charge in [0, 0.05) is 75.9 Å². The van der Waals surface area contributed by atoms with Gasteiger partial charge in [0.15, 0.2) is 5.82 Å². The number of benzene rings is 1. The van der Waals surface area contributed by atoms with E-state index in [1.54, 1.807) is 24.5 Å². The second-order valence-electron chi connectivity index (χ2n) is 7.05.